The van der Waals surface area contributed by atoms with Crippen LogP contribution in [0.4, 0.5) is 0 Å². The lowest BCUT2D eigenvalue weighted by Crippen LogP contribution is -2.20. The van der Waals surface area contributed by atoms with Gasteiger partial charge in [-0.1, -0.05) is 37.5 Å². The molecule has 0 saturated heterocycles. The van der Waals surface area contributed by atoms with E-state index in [9.17, 15) is 9.59 Å². The minimum absolute atomic E-state index is 0.277. The van der Waals surface area contributed by atoms with Gasteiger partial charge >= 0.3 is 11.9 Å². The van der Waals surface area contributed by atoms with Crippen LogP contribution in [0.15, 0.2) is 72.8 Å². The van der Waals surface area contributed by atoms with E-state index in [1.165, 1.54) is 18.9 Å². The van der Waals surface area contributed by atoms with Crippen molar-refractivity contribution in [3.05, 3.63) is 72.8 Å². The summed E-state index contributed by atoms with van der Waals surface area (Å²) >= 11 is 0. The number of carbonyl (C=O) groups excluding carboxylic acids is 2. The van der Waals surface area contributed by atoms with Gasteiger partial charge in [0.15, 0.2) is 0 Å². The standard InChI is InChI=1S/C14H16O2.C13H14O2/c1-8(2)14(15)16-13-7-9-6-12(13)11-5-3-4-10(9)11;1-2-13(14)15-12-7-8-6-11(12)10-5-3-4-9(8)10/h3-4,7,9-12H,1,5-6H2,2H3;2-4,7-11H,1,5-6H2. The van der Waals surface area contributed by atoms with Gasteiger partial charge < -0.3 is 9.47 Å². The van der Waals surface area contributed by atoms with E-state index in [0.29, 0.717) is 52.9 Å². The predicted molar refractivity (Wildman–Crippen MR) is 118 cm³/mol. The molecule has 8 unspecified atom stereocenters. The zero-order valence-corrected chi connectivity index (χ0v) is 18.0. The lowest BCUT2D eigenvalue weighted by atomic mass is 9.85. The molecule has 0 aromatic rings. The highest BCUT2D eigenvalue weighted by atomic mass is 16.5. The molecule has 6 aliphatic carbocycles. The second kappa shape index (κ2) is 7.81. The van der Waals surface area contributed by atoms with E-state index in [4.69, 9.17) is 9.47 Å². The normalized spacial score (nSPS) is 39.3. The van der Waals surface area contributed by atoms with Gasteiger partial charge in [-0.15, -0.1) is 0 Å². The minimum Gasteiger partial charge on any atom is -0.428 e. The van der Waals surface area contributed by atoms with E-state index in [1.54, 1.807) is 6.92 Å². The van der Waals surface area contributed by atoms with Gasteiger partial charge in [-0.2, -0.15) is 0 Å². The monoisotopic (exact) mass is 418 g/mol. The number of fused-ring (bicyclic) bond motifs is 10. The molecule has 31 heavy (non-hydrogen) atoms. The second-order valence-corrected chi connectivity index (χ2v) is 9.76. The van der Waals surface area contributed by atoms with Crippen molar-refractivity contribution in [3.63, 3.8) is 0 Å². The first-order valence-corrected chi connectivity index (χ1v) is 11.4. The fourth-order valence-electron chi connectivity index (χ4n) is 6.67. The highest BCUT2D eigenvalue weighted by Gasteiger charge is 2.50. The lowest BCUT2D eigenvalue weighted by molar-refractivity contribution is -0.136. The van der Waals surface area contributed by atoms with Crippen LogP contribution in [0.25, 0.3) is 0 Å². The molecule has 0 aromatic heterocycles. The molecular formula is C27H30O4. The number of carbonyl (C=O) groups is 2. The Morgan fingerprint density at radius 1 is 0.935 bits per heavy atom. The first-order chi connectivity index (χ1) is 15.0. The van der Waals surface area contributed by atoms with E-state index in [1.807, 2.05) is 0 Å². The largest absolute Gasteiger partial charge is 0.428 e. The number of esters is 2. The lowest BCUT2D eigenvalue weighted by Gasteiger charge is -2.24. The summed E-state index contributed by atoms with van der Waals surface area (Å²) in [7, 11) is 0. The first-order valence-electron chi connectivity index (χ1n) is 11.4. The number of hydrogen-bond donors (Lipinski definition) is 0. The average molecular weight is 419 g/mol. The maximum atomic E-state index is 11.5. The second-order valence-electron chi connectivity index (χ2n) is 9.76. The van der Waals surface area contributed by atoms with Crippen LogP contribution in [-0.2, 0) is 19.1 Å². The minimum atomic E-state index is -0.323. The van der Waals surface area contributed by atoms with Gasteiger partial charge in [-0.3, -0.25) is 0 Å². The first kappa shape index (κ1) is 20.3. The molecular weight excluding hydrogens is 388 g/mol. The van der Waals surface area contributed by atoms with Crippen molar-refractivity contribution >= 4 is 11.9 Å². The van der Waals surface area contributed by atoms with Crippen LogP contribution in [0.2, 0.25) is 0 Å². The molecule has 0 heterocycles. The summed E-state index contributed by atoms with van der Waals surface area (Å²) in [6, 6.07) is 0. The van der Waals surface area contributed by atoms with Crippen LogP contribution in [0, 0.1) is 47.3 Å². The Bertz CT molecular complexity index is 948. The maximum Gasteiger partial charge on any atom is 0.338 e. The Balaban J connectivity index is 0.000000132. The third kappa shape index (κ3) is 3.46. The van der Waals surface area contributed by atoms with Crippen molar-refractivity contribution in [2.45, 2.75) is 32.6 Å². The third-order valence-corrected chi connectivity index (χ3v) is 8.03. The van der Waals surface area contributed by atoms with E-state index in [0.717, 1.165) is 24.4 Å². The van der Waals surface area contributed by atoms with E-state index in [2.05, 4.69) is 49.6 Å². The van der Waals surface area contributed by atoms with Crippen LogP contribution >= 0.6 is 0 Å². The van der Waals surface area contributed by atoms with Gasteiger partial charge in [-0.05, 0) is 80.3 Å². The third-order valence-electron chi connectivity index (χ3n) is 8.03. The van der Waals surface area contributed by atoms with Crippen molar-refractivity contribution in [3.8, 4) is 0 Å². The number of allylic oxidation sites excluding steroid dienone is 8. The van der Waals surface area contributed by atoms with Gasteiger partial charge in [0.1, 0.15) is 11.5 Å². The van der Waals surface area contributed by atoms with Crippen LogP contribution in [-0.4, -0.2) is 11.9 Å². The molecule has 0 spiro atoms. The molecule has 6 aliphatic rings. The summed E-state index contributed by atoms with van der Waals surface area (Å²) in [5.41, 5.74) is 0.477. The van der Waals surface area contributed by atoms with E-state index < -0.39 is 0 Å². The van der Waals surface area contributed by atoms with Crippen molar-refractivity contribution in [2.75, 3.05) is 0 Å². The number of ether oxygens (including phenoxy) is 2. The molecule has 4 nitrogen and oxygen atoms in total. The summed E-state index contributed by atoms with van der Waals surface area (Å²) in [4.78, 5) is 22.6. The highest BCUT2D eigenvalue weighted by molar-refractivity contribution is 5.87. The molecule has 8 atom stereocenters. The topological polar surface area (TPSA) is 52.6 Å². The van der Waals surface area contributed by atoms with E-state index >= 15 is 0 Å². The van der Waals surface area contributed by atoms with Gasteiger partial charge in [-0.25, -0.2) is 9.59 Å². The zero-order chi connectivity index (χ0) is 21.7. The molecule has 2 saturated carbocycles. The molecule has 162 valence electrons. The molecule has 2 fully saturated rings. The molecule has 0 N–H and O–H groups in total. The summed E-state index contributed by atoms with van der Waals surface area (Å²) in [5, 5.41) is 0. The van der Waals surface area contributed by atoms with Crippen molar-refractivity contribution in [1.82, 2.24) is 0 Å². The Morgan fingerprint density at radius 3 is 1.94 bits per heavy atom. The molecule has 0 amide bonds. The van der Waals surface area contributed by atoms with Gasteiger partial charge in [0.2, 0.25) is 0 Å². The summed E-state index contributed by atoms with van der Waals surface area (Å²) in [5.74, 6) is 6.13. The van der Waals surface area contributed by atoms with Crippen LogP contribution < -0.4 is 0 Å². The van der Waals surface area contributed by atoms with Gasteiger partial charge in [0.25, 0.3) is 0 Å². The molecule has 0 aromatic carbocycles. The van der Waals surface area contributed by atoms with Crippen LogP contribution in [0.3, 0.4) is 0 Å². The molecule has 6 rings (SSSR count). The predicted octanol–water partition coefficient (Wildman–Crippen LogP) is 5.27. The summed E-state index contributed by atoms with van der Waals surface area (Å²) in [6.07, 6.45) is 19.4. The SMILES string of the molecule is C=C(C)C(=O)OC1=CC2CC1C1CC=CC21.C=CC(=O)OC1=CC2CC1C1CC=CC21. The summed E-state index contributed by atoms with van der Waals surface area (Å²) < 4.78 is 10.7. The van der Waals surface area contributed by atoms with Crippen LogP contribution in [0.1, 0.15) is 32.6 Å². The molecule has 4 bridgehead atoms. The Labute approximate surface area is 184 Å². The van der Waals surface area contributed by atoms with Crippen molar-refractivity contribution < 1.29 is 19.1 Å². The number of rotatable bonds is 4. The van der Waals surface area contributed by atoms with Gasteiger partial charge in [0, 0.05) is 23.5 Å². The van der Waals surface area contributed by atoms with E-state index in [-0.39, 0.29) is 11.9 Å². The maximum absolute atomic E-state index is 11.5. The fraction of sp³-hybridized carbons (Fsp3) is 0.481. The average Bonchev–Trinajstić information content (AvgIpc) is 3.55. The molecule has 0 aliphatic heterocycles. The quantitative estimate of drug-likeness (QED) is 0.354. The van der Waals surface area contributed by atoms with Gasteiger partial charge in [0.05, 0.1) is 0 Å². The molecule has 0 radical (unpaired) electrons. The van der Waals surface area contributed by atoms with Crippen molar-refractivity contribution in [2.24, 2.45) is 47.3 Å². The van der Waals surface area contributed by atoms with Crippen molar-refractivity contribution in [1.29, 1.82) is 0 Å². The fourth-order valence-corrected chi connectivity index (χ4v) is 6.67. The number of hydrogen-bond acceptors (Lipinski definition) is 4. The smallest absolute Gasteiger partial charge is 0.338 e. The highest BCUT2D eigenvalue weighted by Crippen LogP contribution is 2.57. The Hall–Kier alpha value is -2.62. The zero-order valence-electron chi connectivity index (χ0n) is 18.0. The van der Waals surface area contributed by atoms with Crippen LogP contribution in [0.5, 0.6) is 0 Å². The molecule has 4 heteroatoms. The Morgan fingerprint density at radius 2 is 1.45 bits per heavy atom. The summed E-state index contributed by atoms with van der Waals surface area (Å²) in [6.45, 7) is 8.72. The Kier molecular flexibility index (Phi) is 5.11.